The number of hydrogen-bond acceptors (Lipinski definition) is 3. The van der Waals surface area contributed by atoms with Crippen molar-refractivity contribution < 1.29 is 9.59 Å². The Labute approximate surface area is 184 Å². The van der Waals surface area contributed by atoms with Crippen LogP contribution in [0.4, 0.5) is 0 Å². The Morgan fingerprint density at radius 3 is 2.23 bits per heavy atom. The molecule has 2 amide bonds. The Morgan fingerprint density at radius 2 is 1.60 bits per heavy atom. The average Bonchev–Trinajstić information content (AvgIpc) is 2.74. The van der Waals surface area contributed by atoms with Gasteiger partial charge in [0, 0.05) is 43.8 Å². The van der Waals surface area contributed by atoms with Crippen molar-refractivity contribution >= 4 is 23.4 Å². The van der Waals surface area contributed by atoms with Gasteiger partial charge in [0.25, 0.3) is 0 Å². The van der Waals surface area contributed by atoms with Gasteiger partial charge in [0.15, 0.2) is 0 Å². The molecule has 1 saturated heterocycles. The summed E-state index contributed by atoms with van der Waals surface area (Å²) < 4.78 is 0. The topological polar surface area (TPSA) is 43.9 Å². The van der Waals surface area contributed by atoms with E-state index in [1.807, 2.05) is 78.2 Å². The molecule has 30 heavy (non-hydrogen) atoms. The van der Waals surface area contributed by atoms with Crippen LogP contribution in [0.1, 0.15) is 25.0 Å². The van der Waals surface area contributed by atoms with E-state index < -0.39 is 0 Å². The number of hydrogen-bond donors (Lipinski definition) is 0. The van der Waals surface area contributed by atoms with E-state index >= 15 is 0 Å². The quantitative estimate of drug-likeness (QED) is 0.679. The number of halogens is 1. The first-order valence-corrected chi connectivity index (χ1v) is 10.9. The van der Waals surface area contributed by atoms with Gasteiger partial charge in [-0.25, -0.2) is 0 Å². The SMILES string of the molecule is CC(C)N(Cc1ccccc1)C(=O)CN1CCN(C(=O)Cc2ccccc2Cl)CC1. The first-order valence-electron chi connectivity index (χ1n) is 10.5. The molecule has 0 aliphatic carbocycles. The second kappa shape index (κ2) is 10.6. The summed E-state index contributed by atoms with van der Waals surface area (Å²) in [5.41, 5.74) is 1.99. The smallest absolute Gasteiger partial charge is 0.237 e. The molecule has 2 aromatic carbocycles. The number of amides is 2. The fourth-order valence-corrected chi connectivity index (χ4v) is 3.90. The van der Waals surface area contributed by atoms with Gasteiger partial charge in [0.05, 0.1) is 13.0 Å². The molecular weight excluding hydrogens is 398 g/mol. The minimum atomic E-state index is 0.0851. The maximum atomic E-state index is 12.9. The van der Waals surface area contributed by atoms with Crippen molar-refractivity contribution in [3.05, 3.63) is 70.7 Å². The Morgan fingerprint density at radius 1 is 0.967 bits per heavy atom. The molecule has 160 valence electrons. The molecule has 0 spiro atoms. The molecule has 0 bridgehead atoms. The van der Waals surface area contributed by atoms with Gasteiger partial charge in [0.2, 0.25) is 11.8 Å². The zero-order valence-corrected chi connectivity index (χ0v) is 18.5. The van der Waals surface area contributed by atoms with Crippen LogP contribution in [0.5, 0.6) is 0 Å². The number of carbonyl (C=O) groups is 2. The van der Waals surface area contributed by atoms with Crippen LogP contribution in [0.3, 0.4) is 0 Å². The lowest BCUT2D eigenvalue weighted by atomic mass is 10.1. The summed E-state index contributed by atoms with van der Waals surface area (Å²) in [6.45, 7) is 7.78. The third-order valence-electron chi connectivity index (χ3n) is 5.52. The van der Waals surface area contributed by atoms with E-state index in [0.29, 0.717) is 50.7 Å². The monoisotopic (exact) mass is 427 g/mol. The second-order valence-electron chi connectivity index (χ2n) is 8.03. The van der Waals surface area contributed by atoms with Gasteiger partial charge in [-0.2, -0.15) is 0 Å². The molecular formula is C24H30ClN3O2. The van der Waals surface area contributed by atoms with Crippen molar-refractivity contribution in [3.8, 4) is 0 Å². The molecule has 1 aliphatic rings. The molecule has 1 aliphatic heterocycles. The first-order chi connectivity index (χ1) is 14.4. The number of nitrogens with zero attached hydrogens (tertiary/aromatic N) is 3. The van der Waals surface area contributed by atoms with Gasteiger partial charge in [-0.1, -0.05) is 60.1 Å². The van der Waals surface area contributed by atoms with Crippen molar-refractivity contribution in [3.63, 3.8) is 0 Å². The summed E-state index contributed by atoms with van der Waals surface area (Å²) in [4.78, 5) is 31.5. The zero-order chi connectivity index (χ0) is 21.5. The van der Waals surface area contributed by atoms with Crippen LogP contribution in [0.15, 0.2) is 54.6 Å². The van der Waals surface area contributed by atoms with Crippen LogP contribution in [-0.4, -0.2) is 65.3 Å². The van der Waals surface area contributed by atoms with Gasteiger partial charge < -0.3 is 9.80 Å². The number of rotatable bonds is 7. The van der Waals surface area contributed by atoms with Crippen LogP contribution in [0.25, 0.3) is 0 Å². The maximum Gasteiger partial charge on any atom is 0.237 e. The van der Waals surface area contributed by atoms with Crippen molar-refractivity contribution in [2.75, 3.05) is 32.7 Å². The predicted octanol–water partition coefficient (Wildman–Crippen LogP) is 3.46. The van der Waals surface area contributed by atoms with Crippen molar-refractivity contribution in [1.29, 1.82) is 0 Å². The summed E-state index contributed by atoms with van der Waals surface area (Å²) in [5.74, 6) is 0.214. The van der Waals surface area contributed by atoms with Gasteiger partial charge in [0.1, 0.15) is 0 Å². The largest absolute Gasteiger partial charge is 0.340 e. The standard InChI is InChI=1S/C24H30ClN3O2/c1-19(2)28(17-20-8-4-3-5-9-20)24(30)18-26-12-14-27(15-13-26)23(29)16-21-10-6-7-11-22(21)25/h3-11,19H,12-18H2,1-2H3. The number of carbonyl (C=O) groups excluding carboxylic acids is 2. The Kier molecular flexibility index (Phi) is 7.88. The Balaban J connectivity index is 1.50. The summed E-state index contributed by atoms with van der Waals surface area (Å²) in [6, 6.07) is 17.7. The van der Waals surface area contributed by atoms with Crippen LogP contribution in [0.2, 0.25) is 5.02 Å². The van der Waals surface area contributed by atoms with E-state index in [9.17, 15) is 9.59 Å². The molecule has 0 unspecified atom stereocenters. The van der Waals surface area contributed by atoms with E-state index in [-0.39, 0.29) is 17.9 Å². The summed E-state index contributed by atoms with van der Waals surface area (Å²) in [5, 5.41) is 0.627. The zero-order valence-electron chi connectivity index (χ0n) is 17.8. The maximum absolute atomic E-state index is 12.9. The van der Waals surface area contributed by atoms with E-state index in [0.717, 1.165) is 11.1 Å². The fourth-order valence-electron chi connectivity index (χ4n) is 3.69. The van der Waals surface area contributed by atoms with Gasteiger partial charge in [-0.05, 0) is 31.0 Å². The van der Waals surface area contributed by atoms with E-state index in [4.69, 9.17) is 11.6 Å². The minimum absolute atomic E-state index is 0.0851. The molecule has 1 fully saturated rings. The highest BCUT2D eigenvalue weighted by molar-refractivity contribution is 6.31. The Hall–Kier alpha value is -2.37. The molecule has 0 N–H and O–H groups in total. The van der Waals surface area contributed by atoms with Gasteiger partial charge in [-0.15, -0.1) is 0 Å². The number of benzene rings is 2. The molecule has 0 radical (unpaired) electrons. The lowest BCUT2D eigenvalue weighted by Crippen LogP contribution is -2.52. The molecule has 1 heterocycles. The lowest BCUT2D eigenvalue weighted by molar-refractivity contribution is -0.136. The normalized spacial score (nSPS) is 14.7. The summed E-state index contributed by atoms with van der Waals surface area (Å²) >= 11 is 6.18. The second-order valence-corrected chi connectivity index (χ2v) is 8.43. The van der Waals surface area contributed by atoms with E-state index in [2.05, 4.69) is 4.90 Å². The molecule has 0 saturated carbocycles. The highest BCUT2D eigenvalue weighted by atomic mass is 35.5. The molecule has 3 rings (SSSR count). The molecule has 0 aromatic heterocycles. The summed E-state index contributed by atoms with van der Waals surface area (Å²) in [6.07, 6.45) is 0.316. The predicted molar refractivity (Wildman–Crippen MR) is 120 cm³/mol. The molecule has 0 atom stereocenters. The average molecular weight is 428 g/mol. The van der Waals surface area contributed by atoms with Crippen molar-refractivity contribution in [2.45, 2.75) is 32.9 Å². The van der Waals surface area contributed by atoms with Crippen molar-refractivity contribution in [1.82, 2.24) is 14.7 Å². The lowest BCUT2D eigenvalue weighted by Gasteiger charge is -2.36. The fraction of sp³-hybridized carbons (Fsp3) is 0.417. The van der Waals surface area contributed by atoms with Crippen LogP contribution in [-0.2, 0) is 22.6 Å². The van der Waals surface area contributed by atoms with Crippen LogP contribution in [0, 0.1) is 0 Å². The molecule has 5 nitrogen and oxygen atoms in total. The summed E-state index contributed by atoms with van der Waals surface area (Å²) in [7, 11) is 0. The van der Waals surface area contributed by atoms with Gasteiger partial charge >= 0.3 is 0 Å². The van der Waals surface area contributed by atoms with Crippen LogP contribution < -0.4 is 0 Å². The van der Waals surface area contributed by atoms with Crippen LogP contribution >= 0.6 is 11.6 Å². The van der Waals surface area contributed by atoms with Crippen molar-refractivity contribution in [2.24, 2.45) is 0 Å². The molecule has 6 heteroatoms. The molecule has 2 aromatic rings. The number of piperazine rings is 1. The minimum Gasteiger partial charge on any atom is -0.340 e. The highest BCUT2D eigenvalue weighted by Crippen LogP contribution is 2.17. The third-order valence-corrected chi connectivity index (χ3v) is 5.89. The Bertz CT molecular complexity index is 849. The van der Waals surface area contributed by atoms with Gasteiger partial charge in [-0.3, -0.25) is 14.5 Å². The first kappa shape index (κ1) is 22.3. The third kappa shape index (κ3) is 6.07. The highest BCUT2D eigenvalue weighted by Gasteiger charge is 2.25. The van der Waals surface area contributed by atoms with E-state index in [1.165, 1.54) is 0 Å². The van der Waals surface area contributed by atoms with E-state index in [1.54, 1.807) is 0 Å².